The second-order valence-corrected chi connectivity index (χ2v) is 4.21. The summed E-state index contributed by atoms with van der Waals surface area (Å²) in [4.78, 5) is 18.6. The number of hydrogen-bond acceptors (Lipinski definition) is 4. The SMILES string of the molecule is Nc1ccc2nc(NC3CNC(=O)C3)[nH]c2c1. The zero-order valence-corrected chi connectivity index (χ0v) is 9.16. The number of anilines is 2. The standard InChI is InChI=1S/C11H13N5O/c12-6-1-2-8-9(3-6)16-11(15-8)14-7-4-10(17)13-5-7/h1-3,7H,4-5,12H2,(H,13,17)(H2,14,15,16). The fourth-order valence-corrected chi connectivity index (χ4v) is 2.00. The number of amides is 1. The van der Waals surface area contributed by atoms with E-state index in [1.165, 1.54) is 0 Å². The Bertz CT molecular complexity index is 576. The third-order valence-electron chi connectivity index (χ3n) is 2.82. The molecule has 1 atom stereocenters. The highest BCUT2D eigenvalue weighted by molar-refractivity contribution is 5.82. The molecule has 1 amide bonds. The number of carbonyl (C=O) groups excluding carboxylic acids is 1. The van der Waals surface area contributed by atoms with Crippen LogP contribution in [-0.2, 0) is 4.79 Å². The van der Waals surface area contributed by atoms with Crippen LogP contribution in [0.2, 0.25) is 0 Å². The average Bonchev–Trinajstić information content (AvgIpc) is 2.84. The van der Waals surface area contributed by atoms with E-state index in [4.69, 9.17) is 5.73 Å². The monoisotopic (exact) mass is 231 g/mol. The van der Waals surface area contributed by atoms with Gasteiger partial charge in [0, 0.05) is 18.7 Å². The van der Waals surface area contributed by atoms with Crippen molar-refractivity contribution in [3.63, 3.8) is 0 Å². The molecule has 5 N–H and O–H groups in total. The highest BCUT2D eigenvalue weighted by Gasteiger charge is 2.21. The number of nitrogens with one attached hydrogen (secondary N) is 3. The number of fused-ring (bicyclic) bond motifs is 1. The molecule has 1 aromatic carbocycles. The normalized spacial score (nSPS) is 19.5. The average molecular weight is 231 g/mol. The van der Waals surface area contributed by atoms with E-state index in [-0.39, 0.29) is 11.9 Å². The minimum Gasteiger partial charge on any atom is -0.399 e. The molecule has 1 aliphatic heterocycles. The van der Waals surface area contributed by atoms with Crippen LogP contribution >= 0.6 is 0 Å². The Balaban J connectivity index is 1.83. The maximum atomic E-state index is 11.1. The van der Waals surface area contributed by atoms with E-state index < -0.39 is 0 Å². The predicted molar refractivity (Wildman–Crippen MR) is 65.5 cm³/mol. The van der Waals surface area contributed by atoms with Gasteiger partial charge in [-0.05, 0) is 18.2 Å². The number of carbonyl (C=O) groups is 1. The van der Waals surface area contributed by atoms with E-state index in [0.717, 1.165) is 11.0 Å². The van der Waals surface area contributed by atoms with Crippen molar-refractivity contribution in [2.75, 3.05) is 17.6 Å². The lowest BCUT2D eigenvalue weighted by Crippen LogP contribution is -2.22. The van der Waals surface area contributed by atoms with E-state index in [1.54, 1.807) is 0 Å². The predicted octanol–water partition coefficient (Wildman–Crippen LogP) is 0.445. The van der Waals surface area contributed by atoms with Crippen LogP contribution in [0.5, 0.6) is 0 Å². The molecule has 0 bridgehead atoms. The van der Waals surface area contributed by atoms with Crippen LogP contribution in [0.15, 0.2) is 18.2 Å². The molecule has 0 spiro atoms. The van der Waals surface area contributed by atoms with Gasteiger partial charge in [0.05, 0.1) is 17.1 Å². The van der Waals surface area contributed by atoms with E-state index in [0.29, 0.717) is 24.6 Å². The molecule has 1 aliphatic rings. The summed E-state index contributed by atoms with van der Waals surface area (Å²) in [6.45, 7) is 0.637. The van der Waals surface area contributed by atoms with Gasteiger partial charge in [-0.2, -0.15) is 0 Å². The van der Waals surface area contributed by atoms with Gasteiger partial charge in [0.2, 0.25) is 11.9 Å². The topological polar surface area (TPSA) is 95.8 Å². The molecule has 0 radical (unpaired) electrons. The molecule has 2 heterocycles. The van der Waals surface area contributed by atoms with Gasteiger partial charge in [-0.25, -0.2) is 4.98 Å². The molecule has 6 heteroatoms. The summed E-state index contributed by atoms with van der Waals surface area (Å²) in [5.74, 6) is 0.745. The Hall–Kier alpha value is -2.24. The van der Waals surface area contributed by atoms with Gasteiger partial charge < -0.3 is 21.4 Å². The lowest BCUT2D eigenvalue weighted by molar-refractivity contribution is -0.119. The third-order valence-corrected chi connectivity index (χ3v) is 2.82. The highest BCUT2D eigenvalue weighted by atomic mass is 16.1. The summed E-state index contributed by atoms with van der Waals surface area (Å²) in [6.07, 6.45) is 0.485. The molecule has 1 saturated heterocycles. The number of nitrogen functional groups attached to an aromatic ring is 1. The minimum atomic E-state index is 0.0721. The van der Waals surface area contributed by atoms with Crippen molar-refractivity contribution in [1.29, 1.82) is 0 Å². The smallest absolute Gasteiger partial charge is 0.222 e. The zero-order chi connectivity index (χ0) is 11.8. The summed E-state index contributed by atoms with van der Waals surface area (Å²) in [7, 11) is 0. The number of hydrogen-bond donors (Lipinski definition) is 4. The van der Waals surface area contributed by atoms with Crippen molar-refractivity contribution in [1.82, 2.24) is 15.3 Å². The van der Waals surface area contributed by atoms with Crippen LogP contribution in [0.4, 0.5) is 11.6 Å². The number of nitrogens with two attached hydrogens (primary N) is 1. The van der Waals surface area contributed by atoms with Gasteiger partial charge in [0.15, 0.2) is 0 Å². The van der Waals surface area contributed by atoms with Gasteiger partial charge in [-0.1, -0.05) is 0 Å². The molecule has 0 saturated carbocycles. The van der Waals surface area contributed by atoms with Crippen LogP contribution in [0.1, 0.15) is 6.42 Å². The number of aromatic nitrogens is 2. The van der Waals surface area contributed by atoms with Crippen LogP contribution in [-0.4, -0.2) is 28.5 Å². The van der Waals surface area contributed by atoms with Gasteiger partial charge in [-0.15, -0.1) is 0 Å². The molecule has 1 aromatic heterocycles. The molecule has 17 heavy (non-hydrogen) atoms. The summed E-state index contributed by atoms with van der Waals surface area (Å²) in [5.41, 5.74) is 8.15. The van der Waals surface area contributed by atoms with E-state index in [9.17, 15) is 4.79 Å². The molecule has 88 valence electrons. The molecular weight excluding hydrogens is 218 g/mol. The van der Waals surface area contributed by atoms with Crippen molar-refractivity contribution in [3.05, 3.63) is 18.2 Å². The lowest BCUT2D eigenvalue weighted by Gasteiger charge is -2.07. The third kappa shape index (κ3) is 1.89. The fraction of sp³-hybridized carbons (Fsp3) is 0.273. The van der Waals surface area contributed by atoms with Crippen molar-refractivity contribution < 1.29 is 4.79 Å². The lowest BCUT2D eigenvalue weighted by atomic mass is 10.3. The van der Waals surface area contributed by atoms with Crippen molar-refractivity contribution >= 4 is 28.6 Å². The minimum absolute atomic E-state index is 0.0721. The van der Waals surface area contributed by atoms with Gasteiger partial charge in [0.25, 0.3) is 0 Å². The molecule has 3 rings (SSSR count). The quantitative estimate of drug-likeness (QED) is 0.564. The van der Waals surface area contributed by atoms with Crippen molar-refractivity contribution in [2.45, 2.75) is 12.5 Å². The molecule has 6 nitrogen and oxygen atoms in total. The number of aromatic amines is 1. The van der Waals surface area contributed by atoms with Gasteiger partial charge >= 0.3 is 0 Å². The molecule has 0 aliphatic carbocycles. The zero-order valence-electron chi connectivity index (χ0n) is 9.16. The number of nitrogens with zero attached hydrogens (tertiary/aromatic N) is 1. The Morgan fingerprint density at radius 1 is 1.47 bits per heavy atom. The summed E-state index contributed by atoms with van der Waals surface area (Å²) in [5, 5.41) is 5.96. The second kappa shape index (κ2) is 3.65. The molecule has 2 aromatic rings. The van der Waals surface area contributed by atoms with E-state index in [1.807, 2.05) is 18.2 Å². The molecular formula is C11H13N5O. The summed E-state index contributed by atoms with van der Waals surface area (Å²) >= 11 is 0. The van der Waals surface area contributed by atoms with Crippen LogP contribution in [0.25, 0.3) is 11.0 Å². The summed E-state index contributed by atoms with van der Waals surface area (Å²) in [6, 6.07) is 5.62. The number of imidazole rings is 1. The maximum absolute atomic E-state index is 11.1. The number of rotatable bonds is 2. The summed E-state index contributed by atoms with van der Waals surface area (Å²) < 4.78 is 0. The Morgan fingerprint density at radius 2 is 2.35 bits per heavy atom. The first-order valence-electron chi connectivity index (χ1n) is 5.49. The van der Waals surface area contributed by atoms with Crippen molar-refractivity contribution in [3.8, 4) is 0 Å². The van der Waals surface area contributed by atoms with E-state index >= 15 is 0 Å². The Morgan fingerprint density at radius 3 is 3.12 bits per heavy atom. The van der Waals surface area contributed by atoms with Crippen LogP contribution in [0.3, 0.4) is 0 Å². The fourth-order valence-electron chi connectivity index (χ4n) is 2.00. The number of benzene rings is 1. The first-order valence-corrected chi connectivity index (χ1v) is 5.49. The Labute approximate surface area is 97.6 Å². The van der Waals surface area contributed by atoms with E-state index in [2.05, 4.69) is 20.6 Å². The maximum Gasteiger partial charge on any atom is 0.222 e. The van der Waals surface area contributed by atoms with Gasteiger partial charge in [0.1, 0.15) is 0 Å². The van der Waals surface area contributed by atoms with Gasteiger partial charge in [-0.3, -0.25) is 4.79 Å². The largest absolute Gasteiger partial charge is 0.399 e. The second-order valence-electron chi connectivity index (χ2n) is 4.21. The highest BCUT2D eigenvalue weighted by Crippen LogP contribution is 2.18. The first-order chi connectivity index (χ1) is 8.20. The van der Waals surface area contributed by atoms with Crippen LogP contribution in [0, 0.1) is 0 Å². The van der Waals surface area contributed by atoms with Crippen LogP contribution < -0.4 is 16.4 Å². The Kier molecular flexibility index (Phi) is 2.14. The van der Waals surface area contributed by atoms with Crippen molar-refractivity contribution in [2.24, 2.45) is 0 Å². The molecule has 1 unspecified atom stereocenters. The molecule has 1 fully saturated rings. The first kappa shape index (κ1) is 9.95. The number of H-pyrrole nitrogens is 1.